The first-order valence-corrected chi connectivity index (χ1v) is 4.08. The van der Waals surface area contributed by atoms with Crippen molar-refractivity contribution in [3.8, 4) is 11.8 Å². The van der Waals surface area contributed by atoms with Crippen LogP contribution in [0.4, 0.5) is 0 Å². The number of nitrogens with two attached hydrogens (primary N) is 1. The maximum absolute atomic E-state index is 10.5. The zero-order valence-electron chi connectivity index (χ0n) is 7.68. The highest BCUT2D eigenvalue weighted by molar-refractivity contribution is 5.74. The van der Waals surface area contributed by atoms with Gasteiger partial charge in [-0.3, -0.25) is 4.79 Å². The van der Waals surface area contributed by atoms with Gasteiger partial charge < -0.3 is 11.1 Å². The van der Waals surface area contributed by atoms with Crippen LogP contribution in [0.1, 0.15) is 26.7 Å². The topological polar surface area (TPSA) is 55.1 Å². The fourth-order valence-corrected chi connectivity index (χ4v) is 0.880. The summed E-state index contributed by atoms with van der Waals surface area (Å²) in [4.78, 5) is 10.5. The van der Waals surface area contributed by atoms with Crippen LogP contribution in [-0.4, -0.2) is 18.5 Å². The van der Waals surface area contributed by atoms with Crippen molar-refractivity contribution in [2.45, 2.75) is 32.7 Å². The molecule has 0 saturated carbocycles. The smallest absolute Gasteiger partial charge is 0.218 e. The number of hydrogen-bond donors (Lipinski definition) is 2. The van der Waals surface area contributed by atoms with Crippen LogP contribution < -0.4 is 11.1 Å². The van der Waals surface area contributed by atoms with E-state index in [2.05, 4.69) is 17.2 Å². The highest BCUT2D eigenvalue weighted by Gasteiger charge is 2.03. The van der Waals surface area contributed by atoms with Gasteiger partial charge in [0.25, 0.3) is 0 Å². The third-order valence-corrected chi connectivity index (χ3v) is 1.43. The molecule has 0 aliphatic rings. The molecule has 0 aromatic carbocycles. The molecule has 0 heterocycles. The Morgan fingerprint density at radius 3 is 2.83 bits per heavy atom. The van der Waals surface area contributed by atoms with Crippen molar-refractivity contribution in [3.05, 3.63) is 0 Å². The Kier molecular flexibility index (Phi) is 6.12. The maximum Gasteiger partial charge on any atom is 0.218 e. The van der Waals surface area contributed by atoms with E-state index in [9.17, 15) is 4.79 Å². The zero-order valence-corrected chi connectivity index (χ0v) is 7.68. The van der Waals surface area contributed by atoms with Gasteiger partial charge in [-0.05, 0) is 13.8 Å². The van der Waals surface area contributed by atoms with Crippen LogP contribution in [0.2, 0.25) is 0 Å². The average molecular weight is 168 g/mol. The molecule has 0 aliphatic carbocycles. The first kappa shape index (κ1) is 11.0. The van der Waals surface area contributed by atoms with Gasteiger partial charge in [-0.15, -0.1) is 11.8 Å². The molecule has 0 bridgehead atoms. The van der Waals surface area contributed by atoms with Crippen LogP contribution >= 0.6 is 0 Å². The number of carbonyl (C=O) groups is 1. The van der Waals surface area contributed by atoms with Crippen molar-refractivity contribution < 1.29 is 4.79 Å². The van der Waals surface area contributed by atoms with Crippen LogP contribution in [-0.2, 0) is 4.79 Å². The maximum atomic E-state index is 10.5. The van der Waals surface area contributed by atoms with E-state index in [4.69, 9.17) is 5.73 Å². The molecule has 0 saturated heterocycles. The second kappa shape index (κ2) is 6.68. The van der Waals surface area contributed by atoms with E-state index in [0.29, 0.717) is 6.42 Å². The lowest BCUT2D eigenvalue weighted by molar-refractivity contribution is -0.118. The van der Waals surface area contributed by atoms with Crippen molar-refractivity contribution in [1.29, 1.82) is 0 Å². The predicted molar refractivity (Wildman–Crippen MR) is 49.3 cm³/mol. The summed E-state index contributed by atoms with van der Waals surface area (Å²) in [7, 11) is 0. The molecule has 0 radical (unpaired) electrons. The van der Waals surface area contributed by atoms with E-state index in [-0.39, 0.29) is 11.9 Å². The molecule has 1 unspecified atom stereocenters. The normalized spacial score (nSPS) is 11.5. The molecule has 3 heteroatoms. The predicted octanol–water partition coefficient (Wildman–Crippen LogP) is 0.253. The Balaban J connectivity index is 3.35. The van der Waals surface area contributed by atoms with E-state index < -0.39 is 0 Å². The van der Waals surface area contributed by atoms with Gasteiger partial charge in [0.2, 0.25) is 5.91 Å². The Hall–Kier alpha value is -1.01. The number of nitrogens with one attached hydrogen (secondary N) is 1. The third-order valence-electron chi connectivity index (χ3n) is 1.43. The quantitative estimate of drug-likeness (QED) is 0.457. The molecule has 0 aromatic rings. The molecule has 0 spiro atoms. The summed E-state index contributed by atoms with van der Waals surface area (Å²) in [6.45, 7) is 4.56. The van der Waals surface area contributed by atoms with Gasteiger partial charge >= 0.3 is 0 Å². The number of hydrogen-bond acceptors (Lipinski definition) is 2. The molecule has 0 aliphatic heterocycles. The largest absolute Gasteiger partial charge is 0.370 e. The molecule has 1 amide bonds. The molecule has 1 atom stereocenters. The fraction of sp³-hybridized carbons (Fsp3) is 0.667. The number of amides is 1. The molecule has 68 valence electrons. The number of carbonyl (C=O) groups excluding carboxylic acids is 1. The SMILES string of the molecule is CC#CCCNC(C)CC(N)=O. The van der Waals surface area contributed by atoms with Gasteiger partial charge in [0.1, 0.15) is 0 Å². The molecule has 3 N–H and O–H groups in total. The minimum absolute atomic E-state index is 0.154. The van der Waals surface area contributed by atoms with Gasteiger partial charge in [0.05, 0.1) is 0 Å². The third kappa shape index (κ3) is 7.10. The lowest BCUT2D eigenvalue weighted by Crippen LogP contribution is -2.31. The lowest BCUT2D eigenvalue weighted by atomic mass is 10.2. The van der Waals surface area contributed by atoms with E-state index in [0.717, 1.165) is 13.0 Å². The second-order valence-electron chi connectivity index (χ2n) is 2.70. The van der Waals surface area contributed by atoms with Gasteiger partial charge in [-0.2, -0.15) is 0 Å². The molecule has 0 aromatic heterocycles. The Bertz CT molecular complexity index is 190. The van der Waals surface area contributed by atoms with Gasteiger partial charge in [-0.25, -0.2) is 0 Å². The minimum atomic E-state index is -0.267. The monoisotopic (exact) mass is 168 g/mol. The summed E-state index contributed by atoms with van der Waals surface area (Å²) >= 11 is 0. The Labute approximate surface area is 73.7 Å². The summed E-state index contributed by atoms with van der Waals surface area (Å²) in [5.74, 6) is 5.46. The van der Waals surface area contributed by atoms with E-state index in [1.54, 1.807) is 0 Å². The number of rotatable bonds is 5. The van der Waals surface area contributed by atoms with Crippen LogP contribution in [0.5, 0.6) is 0 Å². The summed E-state index contributed by atoms with van der Waals surface area (Å²) in [6, 6.07) is 0.154. The van der Waals surface area contributed by atoms with Crippen LogP contribution in [0.25, 0.3) is 0 Å². The minimum Gasteiger partial charge on any atom is -0.370 e. The Morgan fingerprint density at radius 2 is 2.33 bits per heavy atom. The van der Waals surface area contributed by atoms with E-state index in [1.165, 1.54) is 0 Å². The molecule has 0 fully saturated rings. The Morgan fingerprint density at radius 1 is 1.67 bits per heavy atom. The van der Waals surface area contributed by atoms with Crippen molar-refractivity contribution in [1.82, 2.24) is 5.32 Å². The van der Waals surface area contributed by atoms with E-state index in [1.807, 2.05) is 13.8 Å². The first-order chi connectivity index (χ1) is 5.66. The highest BCUT2D eigenvalue weighted by Crippen LogP contribution is 1.88. The highest BCUT2D eigenvalue weighted by atomic mass is 16.1. The summed E-state index contributed by atoms with van der Waals surface area (Å²) < 4.78 is 0. The zero-order chi connectivity index (χ0) is 9.40. The van der Waals surface area contributed by atoms with Crippen molar-refractivity contribution in [2.75, 3.05) is 6.54 Å². The van der Waals surface area contributed by atoms with Crippen LogP contribution in [0, 0.1) is 11.8 Å². The van der Waals surface area contributed by atoms with Crippen molar-refractivity contribution in [3.63, 3.8) is 0 Å². The van der Waals surface area contributed by atoms with Crippen molar-refractivity contribution in [2.24, 2.45) is 5.73 Å². The number of primary amides is 1. The standard InChI is InChI=1S/C9H16N2O/c1-3-4-5-6-11-8(2)7-9(10)12/h8,11H,5-7H2,1-2H3,(H2,10,12). The summed E-state index contributed by atoms with van der Waals surface area (Å²) in [5.41, 5.74) is 5.02. The second-order valence-corrected chi connectivity index (χ2v) is 2.70. The van der Waals surface area contributed by atoms with E-state index >= 15 is 0 Å². The van der Waals surface area contributed by atoms with Crippen molar-refractivity contribution >= 4 is 5.91 Å². The first-order valence-electron chi connectivity index (χ1n) is 4.08. The molecular formula is C9H16N2O. The van der Waals surface area contributed by atoms with Crippen LogP contribution in [0.15, 0.2) is 0 Å². The van der Waals surface area contributed by atoms with Gasteiger partial charge in [-0.1, -0.05) is 0 Å². The lowest BCUT2D eigenvalue weighted by Gasteiger charge is -2.09. The molecule has 3 nitrogen and oxygen atoms in total. The summed E-state index contributed by atoms with van der Waals surface area (Å²) in [6.07, 6.45) is 1.21. The average Bonchev–Trinajstić information content (AvgIpc) is 1.97. The summed E-state index contributed by atoms with van der Waals surface area (Å²) in [5, 5.41) is 3.15. The molecule has 12 heavy (non-hydrogen) atoms. The van der Waals surface area contributed by atoms with Crippen LogP contribution in [0.3, 0.4) is 0 Å². The van der Waals surface area contributed by atoms with Gasteiger partial charge in [0, 0.05) is 25.4 Å². The molecular weight excluding hydrogens is 152 g/mol. The van der Waals surface area contributed by atoms with Gasteiger partial charge in [0.15, 0.2) is 0 Å². The molecule has 0 rings (SSSR count). The fourth-order valence-electron chi connectivity index (χ4n) is 0.880.